The van der Waals surface area contributed by atoms with Crippen LogP contribution in [0.5, 0.6) is 11.5 Å². The van der Waals surface area contributed by atoms with E-state index in [-0.39, 0.29) is 28.6 Å². The number of hydrogen-bond donors (Lipinski definition) is 0. The Morgan fingerprint density at radius 1 is 1.17 bits per heavy atom. The number of ether oxygens (including phenoxy) is 2. The van der Waals surface area contributed by atoms with E-state index >= 15 is 0 Å². The van der Waals surface area contributed by atoms with Crippen molar-refractivity contribution in [2.24, 2.45) is 4.99 Å². The van der Waals surface area contributed by atoms with Crippen molar-refractivity contribution in [2.75, 3.05) is 23.2 Å². The van der Waals surface area contributed by atoms with E-state index in [1.165, 1.54) is 30.0 Å². The van der Waals surface area contributed by atoms with Gasteiger partial charge in [0.05, 0.1) is 22.6 Å². The monoisotopic (exact) mass is 468 g/mol. The first-order valence-corrected chi connectivity index (χ1v) is 12.0. The molecule has 3 heterocycles. The lowest BCUT2D eigenvalue weighted by Crippen LogP contribution is -2.37. The molecule has 2 aromatic rings. The summed E-state index contributed by atoms with van der Waals surface area (Å²) in [5.74, 6) is -0.154. The second kappa shape index (κ2) is 7.14. The van der Waals surface area contributed by atoms with Gasteiger partial charge in [0.15, 0.2) is 26.5 Å². The number of hydrogen-bond acceptors (Lipinski definition) is 6. The summed E-state index contributed by atoms with van der Waals surface area (Å²) >= 11 is 7.16. The van der Waals surface area contributed by atoms with Crippen molar-refractivity contribution in [3.63, 3.8) is 0 Å². The van der Waals surface area contributed by atoms with Crippen LogP contribution in [-0.4, -0.2) is 49.1 Å². The highest BCUT2D eigenvalue weighted by atomic mass is 35.5. The molecule has 11 heteroatoms. The Bertz CT molecular complexity index is 1200. The average Bonchev–Trinajstić information content (AvgIpc) is 3.35. The molecule has 7 nitrogen and oxygen atoms in total. The lowest BCUT2D eigenvalue weighted by molar-refractivity contribution is 0.100. The van der Waals surface area contributed by atoms with Gasteiger partial charge in [-0.05, 0) is 36.4 Å². The SMILES string of the molecule is O=C(N=C1S[C@@H]2CS(=O)(=O)C[C@@H]2N1c1ccc(F)c(Cl)c1)c1ccc2c(c1)OCO2. The Labute approximate surface area is 180 Å². The first kappa shape index (κ1) is 19.7. The van der Waals surface area contributed by atoms with Crippen molar-refractivity contribution >= 4 is 50.0 Å². The number of aliphatic imine (C=N–C) groups is 1. The van der Waals surface area contributed by atoms with Gasteiger partial charge in [-0.3, -0.25) is 4.79 Å². The molecule has 2 saturated heterocycles. The standard InChI is InChI=1S/C19H14ClFN2O5S2/c20-12-6-11(2-3-13(12)21)23-14-7-30(25,26)8-17(14)29-19(23)22-18(24)10-1-4-15-16(5-10)28-9-27-15/h1-6,14,17H,7-9H2/t14-,17+/m0/s1. The smallest absolute Gasteiger partial charge is 0.279 e. The fourth-order valence-corrected chi connectivity index (χ4v) is 7.77. The van der Waals surface area contributed by atoms with Crippen LogP contribution in [0.15, 0.2) is 41.4 Å². The van der Waals surface area contributed by atoms with Gasteiger partial charge in [0, 0.05) is 16.5 Å². The van der Waals surface area contributed by atoms with Crippen LogP contribution in [-0.2, 0) is 9.84 Å². The van der Waals surface area contributed by atoms with Gasteiger partial charge in [0.2, 0.25) is 6.79 Å². The second-order valence-electron chi connectivity index (χ2n) is 7.04. The fourth-order valence-electron chi connectivity index (χ4n) is 3.68. The van der Waals surface area contributed by atoms with Crippen LogP contribution in [0.4, 0.5) is 10.1 Å². The van der Waals surface area contributed by atoms with Crippen molar-refractivity contribution in [3.05, 3.63) is 52.8 Å². The van der Waals surface area contributed by atoms with Crippen LogP contribution in [0.2, 0.25) is 5.02 Å². The molecular formula is C19H14ClFN2O5S2. The number of carbonyl (C=O) groups excluding carboxylic acids is 1. The molecule has 30 heavy (non-hydrogen) atoms. The Hall–Kier alpha value is -2.30. The molecule has 2 aromatic carbocycles. The summed E-state index contributed by atoms with van der Waals surface area (Å²) < 4.78 is 48.5. The molecule has 5 rings (SSSR count). The van der Waals surface area contributed by atoms with Gasteiger partial charge in [-0.1, -0.05) is 23.4 Å². The zero-order chi connectivity index (χ0) is 21.0. The summed E-state index contributed by atoms with van der Waals surface area (Å²) in [7, 11) is -3.22. The highest BCUT2D eigenvalue weighted by Crippen LogP contribution is 2.42. The fraction of sp³-hybridized carbons (Fsp3) is 0.263. The predicted molar refractivity (Wildman–Crippen MR) is 112 cm³/mol. The summed E-state index contributed by atoms with van der Waals surface area (Å²) in [5, 5.41) is -0.0179. The van der Waals surface area contributed by atoms with Gasteiger partial charge >= 0.3 is 0 Å². The van der Waals surface area contributed by atoms with E-state index in [9.17, 15) is 17.6 Å². The number of amides is 1. The lowest BCUT2D eigenvalue weighted by atomic mass is 10.2. The molecular weight excluding hydrogens is 455 g/mol. The topological polar surface area (TPSA) is 85.3 Å². The first-order valence-electron chi connectivity index (χ1n) is 8.95. The van der Waals surface area contributed by atoms with E-state index in [2.05, 4.69) is 4.99 Å². The zero-order valence-electron chi connectivity index (χ0n) is 15.2. The highest BCUT2D eigenvalue weighted by molar-refractivity contribution is 8.16. The minimum atomic E-state index is -3.22. The first-order chi connectivity index (χ1) is 14.3. The summed E-state index contributed by atoms with van der Waals surface area (Å²) in [6.07, 6.45) is 0. The second-order valence-corrected chi connectivity index (χ2v) is 10.8. The molecule has 156 valence electrons. The number of anilines is 1. The molecule has 0 spiro atoms. The summed E-state index contributed by atoms with van der Waals surface area (Å²) in [6.45, 7) is 0.0916. The van der Waals surface area contributed by atoms with Crippen LogP contribution < -0.4 is 14.4 Å². The Balaban J connectivity index is 1.52. The zero-order valence-corrected chi connectivity index (χ0v) is 17.6. The van der Waals surface area contributed by atoms with Crippen LogP contribution in [0.25, 0.3) is 0 Å². The third-order valence-electron chi connectivity index (χ3n) is 5.06. The number of benzene rings is 2. The normalized spacial score (nSPS) is 25.0. The molecule has 0 radical (unpaired) electrons. The van der Waals surface area contributed by atoms with E-state index in [4.69, 9.17) is 21.1 Å². The molecule has 2 atom stereocenters. The van der Waals surface area contributed by atoms with Crippen molar-refractivity contribution < 1.29 is 27.1 Å². The van der Waals surface area contributed by atoms with Crippen molar-refractivity contribution in [3.8, 4) is 11.5 Å². The van der Waals surface area contributed by atoms with Gasteiger partial charge in [-0.15, -0.1) is 0 Å². The Morgan fingerprint density at radius 3 is 2.77 bits per heavy atom. The van der Waals surface area contributed by atoms with Crippen LogP contribution in [0.1, 0.15) is 10.4 Å². The summed E-state index contributed by atoms with van der Waals surface area (Å²) in [4.78, 5) is 18.7. The molecule has 1 amide bonds. The molecule has 0 aliphatic carbocycles. The van der Waals surface area contributed by atoms with E-state index in [0.29, 0.717) is 27.9 Å². The minimum absolute atomic E-state index is 0.00893. The molecule has 0 saturated carbocycles. The number of rotatable bonds is 2. The number of amidine groups is 1. The summed E-state index contributed by atoms with van der Waals surface area (Å²) in [5.41, 5.74) is 0.796. The Kier molecular flexibility index (Phi) is 4.68. The van der Waals surface area contributed by atoms with E-state index < -0.39 is 27.6 Å². The predicted octanol–water partition coefficient (Wildman–Crippen LogP) is 3.12. The van der Waals surface area contributed by atoms with Crippen molar-refractivity contribution in [2.45, 2.75) is 11.3 Å². The van der Waals surface area contributed by atoms with E-state index in [1.807, 2.05) is 0 Å². The maximum absolute atomic E-state index is 13.7. The maximum atomic E-state index is 13.7. The van der Waals surface area contributed by atoms with Gasteiger partial charge in [-0.25, -0.2) is 12.8 Å². The van der Waals surface area contributed by atoms with Crippen LogP contribution in [0, 0.1) is 5.82 Å². The molecule has 3 aliphatic rings. The van der Waals surface area contributed by atoms with Crippen molar-refractivity contribution in [1.82, 2.24) is 0 Å². The molecule has 2 fully saturated rings. The number of halogens is 2. The summed E-state index contributed by atoms with van der Waals surface area (Å²) in [6, 6.07) is 8.47. The number of fused-ring (bicyclic) bond motifs is 2. The minimum Gasteiger partial charge on any atom is -0.454 e. The van der Waals surface area contributed by atoms with Crippen molar-refractivity contribution in [1.29, 1.82) is 0 Å². The number of nitrogens with zero attached hydrogens (tertiary/aromatic N) is 2. The average molecular weight is 469 g/mol. The van der Waals surface area contributed by atoms with Gasteiger partial charge in [0.1, 0.15) is 5.82 Å². The largest absolute Gasteiger partial charge is 0.454 e. The number of thioether (sulfide) groups is 1. The van der Waals surface area contributed by atoms with Gasteiger partial charge < -0.3 is 14.4 Å². The van der Waals surface area contributed by atoms with Gasteiger partial charge in [-0.2, -0.15) is 4.99 Å². The molecule has 0 unspecified atom stereocenters. The molecule has 0 aromatic heterocycles. The molecule has 0 N–H and O–H groups in total. The maximum Gasteiger partial charge on any atom is 0.279 e. The third-order valence-corrected chi connectivity index (χ3v) is 8.56. The highest BCUT2D eigenvalue weighted by Gasteiger charge is 2.49. The van der Waals surface area contributed by atoms with Crippen LogP contribution >= 0.6 is 23.4 Å². The van der Waals surface area contributed by atoms with Gasteiger partial charge in [0.25, 0.3) is 5.91 Å². The quantitative estimate of drug-likeness (QED) is 0.669. The van der Waals surface area contributed by atoms with E-state index in [1.54, 1.807) is 23.1 Å². The van der Waals surface area contributed by atoms with Crippen LogP contribution in [0.3, 0.4) is 0 Å². The lowest BCUT2D eigenvalue weighted by Gasteiger charge is -2.24. The molecule has 3 aliphatic heterocycles. The number of sulfone groups is 1. The third kappa shape index (κ3) is 3.42. The van der Waals surface area contributed by atoms with E-state index in [0.717, 1.165) is 0 Å². The molecule has 0 bridgehead atoms. The number of carbonyl (C=O) groups is 1. The Morgan fingerprint density at radius 2 is 1.97 bits per heavy atom.